The van der Waals surface area contributed by atoms with Crippen molar-refractivity contribution in [3.8, 4) is 0 Å². The molecule has 4 heterocycles. The Labute approximate surface area is 240 Å². The average molecular weight is 579 g/mol. The summed E-state index contributed by atoms with van der Waals surface area (Å²) in [6.45, 7) is 16.3. The van der Waals surface area contributed by atoms with E-state index >= 15 is 0 Å². The molecule has 0 saturated carbocycles. The molecule has 12 heteroatoms. The molecule has 236 valence electrons. The molecule has 0 bridgehead atoms. The fraction of sp³-hybridized carbons (Fsp3) is 1.00. The van der Waals surface area contributed by atoms with Gasteiger partial charge in [0.2, 0.25) is 0 Å². The number of likely N-dealkylation sites (N-methyl/N-ethyl adjacent to an activating group) is 1. The summed E-state index contributed by atoms with van der Waals surface area (Å²) in [5.41, 5.74) is 0. The van der Waals surface area contributed by atoms with Gasteiger partial charge >= 0.3 is 0 Å². The van der Waals surface area contributed by atoms with Crippen LogP contribution in [0.15, 0.2) is 0 Å². The third-order valence-corrected chi connectivity index (χ3v) is 7.42. The molecule has 0 aliphatic carbocycles. The molecule has 4 aliphatic rings. The first-order chi connectivity index (χ1) is 18.6. The van der Waals surface area contributed by atoms with Crippen LogP contribution in [0.25, 0.3) is 0 Å². The summed E-state index contributed by atoms with van der Waals surface area (Å²) in [7, 11) is 5.30. The number of ether oxygens (including phenoxy) is 8. The Bertz CT molecular complexity index is 752. The summed E-state index contributed by atoms with van der Waals surface area (Å²) in [5.74, 6) is -2.36. The molecule has 2 N–H and O–H groups in total. The van der Waals surface area contributed by atoms with Crippen LogP contribution in [0.5, 0.6) is 0 Å². The summed E-state index contributed by atoms with van der Waals surface area (Å²) < 4.78 is 44.9. The number of methoxy groups -OCH3 is 2. The molecule has 0 amide bonds. The van der Waals surface area contributed by atoms with Gasteiger partial charge in [0.1, 0.15) is 12.2 Å². The standard InChI is InChI=1S/C14H26N2O4.C14H28O6/c1-14(2)19-10-8-12(17)18-11(13(10)20-14)9-16-6-4-15(3)5-7-16;1-13(2,15)19-10(8-12(16-5)17-6)7-11-9-18-14(3,4)20-11/h10-13,17H,4-9H2,1-3H3;10-12,15H,7-9H2,1-6H3. The quantitative estimate of drug-likeness (QED) is 0.366. The number of hydrogen-bond acceptors (Lipinski definition) is 12. The van der Waals surface area contributed by atoms with E-state index in [1.165, 1.54) is 0 Å². The van der Waals surface area contributed by atoms with Gasteiger partial charge in [-0.2, -0.15) is 0 Å². The van der Waals surface area contributed by atoms with Crippen molar-refractivity contribution in [3.05, 3.63) is 0 Å². The first-order valence-electron chi connectivity index (χ1n) is 14.5. The fourth-order valence-electron chi connectivity index (χ4n) is 5.60. The predicted octanol–water partition coefficient (Wildman–Crippen LogP) is 1.51. The molecule has 12 nitrogen and oxygen atoms in total. The summed E-state index contributed by atoms with van der Waals surface area (Å²) >= 11 is 0. The zero-order valence-electron chi connectivity index (χ0n) is 26.0. The van der Waals surface area contributed by atoms with E-state index in [-0.39, 0.29) is 36.8 Å². The molecule has 4 aliphatic heterocycles. The van der Waals surface area contributed by atoms with E-state index in [2.05, 4.69) is 16.8 Å². The first kappa shape index (κ1) is 34.0. The van der Waals surface area contributed by atoms with Crippen LogP contribution in [-0.2, 0) is 37.9 Å². The molecule has 6 atom stereocenters. The lowest BCUT2D eigenvalue weighted by molar-refractivity contribution is -0.230. The van der Waals surface area contributed by atoms with E-state index in [9.17, 15) is 10.2 Å². The molecule has 0 aromatic heterocycles. The lowest BCUT2D eigenvalue weighted by atomic mass is 10.0. The van der Waals surface area contributed by atoms with Crippen molar-refractivity contribution >= 4 is 0 Å². The number of aliphatic hydroxyl groups excluding tert-OH is 1. The van der Waals surface area contributed by atoms with Gasteiger partial charge < -0.3 is 53.0 Å². The Balaban J connectivity index is 0.000000220. The number of nitrogens with zero attached hydrogens (tertiary/aromatic N) is 2. The topological polar surface area (TPSA) is 121 Å². The van der Waals surface area contributed by atoms with Crippen molar-refractivity contribution in [3.63, 3.8) is 0 Å². The molecule has 4 rings (SSSR count). The molecule has 0 radical (unpaired) electrons. The Morgan fingerprint density at radius 3 is 2.17 bits per heavy atom. The number of hydrogen-bond donors (Lipinski definition) is 2. The second-order valence-corrected chi connectivity index (χ2v) is 12.6. The van der Waals surface area contributed by atoms with Crippen LogP contribution in [0.1, 0.15) is 60.8 Å². The normalized spacial score (nSPS) is 33.5. The lowest BCUT2D eigenvalue weighted by Crippen LogP contribution is -2.54. The highest BCUT2D eigenvalue weighted by Crippen LogP contribution is 2.37. The van der Waals surface area contributed by atoms with Crippen LogP contribution in [-0.4, -0.2) is 141 Å². The minimum Gasteiger partial charge on any atom is -0.368 e. The molecule has 0 aromatic rings. The van der Waals surface area contributed by atoms with Crippen molar-refractivity contribution < 1.29 is 48.1 Å². The summed E-state index contributed by atoms with van der Waals surface area (Å²) in [6.07, 6.45) is -0.0763. The van der Waals surface area contributed by atoms with E-state index in [0.717, 1.165) is 32.7 Å². The van der Waals surface area contributed by atoms with Gasteiger partial charge in [-0.15, -0.1) is 0 Å². The maximum absolute atomic E-state index is 9.88. The molecular formula is C28H54N2O10. The van der Waals surface area contributed by atoms with Crippen molar-refractivity contribution in [2.24, 2.45) is 0 Å². The summed E-state index contributed by atoms with van der Waals surface area (Å²) in [4.78, 5) is 4.71. The molecule has 0 aromatic carbocycles. The highest BCUT2D eigenvalue weighted by molar-refractivity contribution is 4.93. The van der Waals surface area contributed by atoms with E-state index in [4.69, 9.17) is 37.9 Å². The molecule has 4 saturated heterocycles. The second-order valence-electron chi connectivity index (χ2n) is 12.6. The van der Waals surface area contributed by atoms with Gasteiger partial charge in [-0.1, -0.05) is 0 Å². The number of rotatable bonds is 10. The van der Waals surface area contributed by atoms with Crippen LogP contribution in [0.3, 0.4) is 0 Å². The molecule has 0 spiro atoms. The van der Waals surface area contributed by atoms with Crippen LogP contribution in [0.2, 0.25) is 0 Å². The smallest absolute Gasteiger partial charge is 0.163 e. The summed E-state index contributed by atoms with van der Waals surface area (Å²) in [6, 6.07) is 0. The second kappa shape index (κ2) is 14.3. The van der Waals surface area contributed by atoms with Gasteiger partial charge in [-0.05, 0) is 48.6 Å². The van der Waals surface area contributed by atoms with E-state index < -0.39 is 23.7 Å². The van der Waals surface area contributed by atoms with Crippen molar-refractivity contribution in [2.45, 2.75) is 121 Å². The molecule has 6 unspecified atom stereocenters. The van der Waals surface area contributed by atoms with Gasteiger partial charge in [0.15, 0.2) is 29.9 Å². The maximum atomic E-state index is 9.88. The van der Waals surface area contributed by atoms with Crippen LogP contribution >= 0.6 is 0 Å². The Morgan fingerprint density at radius 1 is 0.975 bits per heavy atom. The van der Waals surface area contributed by atoms with Crippen LogP contribution < -0.4 is 0 Å². The van der Waals surface area contributed by atoms with Crippen LogP contribution in [0, 0.1) is 0 Å². The van der Waals surface area contributed by atoms with E-state index in [0.29, 0.717) is 25.9 Å². The van der Waals surface area contributed by atoms with E-state index in [1.807, 2.05) is 27.7 Å². The largest absolute Gasteiger partial charge is 0.368 e. The summed E-state index contributed by atoms with van der Waals surface area (Å²) in [5, 5.41) is 19.7. The van der Waals surface area contributed by atoms with E-state index in [1.54, 1.807) is 28.1 Å². The predicted molar refractivity (Wildman–Crippen MR) is 146 cm³/mol. The van der Waals surface area contributed by atoms with Gasteiger partial charge in [0, 0.05) is 66.2 Å². The monoisotopic (exact) mass is 578 g/mol. The highest BCUT2D eigenvalue weighted by atomic mass is 16.8. The zero-order valence-corrected chi connectivity index (χ0v) is 26.0. The van der Waals surface area contributed by atoms with Crippen molar-refractivity contribution in [1.82, 2.24) is 9.80 Å². The first-order valence-corrected chi connectivity index (χ1v) is 14.5. The Hall–Kier alpha value is -0.480. The highest BCUT2D eigenvalue weighted by Gasteiger charge is 2.50. The number of piperazine rings is 1. The maximum Gasteiger partial charge on any atom is 0.163 e. The molecular weight excluding hydrogens is 524 g/mol. The van der Waals surface area contributed by atoms with Crippen molar-refractivity contribution in [2.75, 3.05) is 60.6 Å². The van der Waals surface area contributed by atoms with Gasteiger partial charge in [0.05, 0.1) is 24.9 Å². The fourth-order valence-corrected chi connectivity index (χ4v) is 5.60. The third kappa shape index (κ3) is 11.0. The Kier molecular flexibility index (Phi) is 12.2. The Morgan fingerprint density at radius 2 is 1.62 bits per heavy atom. The zero-order chi connectivity index (χ0) is 29.7. The third-order valence-electron chi connectivity index (χ3n) is 7.42. The van der Waals surface area contributed by atoms with Gasteiger partial charge in [-0.3, -0.25) is 4.90 Å². The lowest BCUT2D eigenvalue weighted by Gasteiger charge is -2.39. The minimum atomic E-state index is -1.22. The SMILES string of the molecule is CN1CCN(CC2OC(O)CC3OC(C)(C)OC23)CC1.COC(CC(CC1COC(C)(C)O1)OC(C)(C)O)OC. The van der Waals surface area contributed by atoms with Gasteiger partial charge in [-0.25, -0.2) is 0 Å². The number of aliphatic hydroxyl groups is 2. The molecule has 40 heavy (non-hydrogen) atoms. The number of fused-ring (bicyclic) bond motifs is 1. The van der Waals surface area contributed by atoms with Crippen molar-refractivity contribution in [1.29, 1.82) is 0 Å². The van der Waals surface area contributed by atoms with Crippen LogP contribution in [0.4, 0.5) is 0 Å². The minimum absolute atomic E-state index is 0.0632. The molecule has 4 fully saturated rings. The van der Waals surface area contributed by atoms with Gasteiger partial charge in [0.25, 0.3) is 0 Å². The average Bonchev–Trinajstić information content (AvgIpc) is 3.34.